The van der Waals surface area contributed by atoms with E-state index in [0.717, 1.165) is 24.6 Å². The lowest BCUT2D eigenvalue weighted by molar-refractivity contribution is -0.141. The van der Waals surface area contributed by atoms with Gasteiger partial charge in [0.05, 0.1) is 17.5 Å². The number of carbonyl (C=O) groups excluding carboxylic acids is 2. The molecule has 1 saturated carbocycles. The SMILES string of the molecule is CCc1cc(Nc2nccn3c(-c4cn(CC(F)F)nc4C(F)(F)F)cnc23)ccc1C(=O)NCCNC(=O)[C@H]1CC[C@H](N)C1.O=CO. The highest BCUT2D eigenvalue weighted by atomic mass is 19.4. The first-order chi connectivity index (χ1) is 22.9. The van der Waals surface area contributed by atoms with Crippen molar-refractivity contribution in [3.8, 4) is 11.3 Å². The molecule has 4 aromatic rings. The summed E-state index contributed by atoms with van der Waals surface area (Å²) in [5.41, 5.74) is 6.07. The summed E-state index contributed by atoms with van der Waals surface area (Å²) in [6, 6.07) is 5.10. The number of aryl methyl sites for hydroxylation is 1. The first-order valence-corrected chi connectivity index (χ1v) is 14.9. The Morgan fingerprint density at radius 2 is 1.90 bits per heavy atom. The molecule has 0 spiro atoms. The summed E-state index contributed by atoms with van der Waals surface area (Å²) in [6.45, 7) is 1.18. The van der Waals surface area contributed by atoms with Crippen LogP contribution in [0.4, 0.5) is 33.5 Å². The maximum absolute atomic E-state index is 13.7. The van der Waals surface area contributed by atoms with Gasteiger partial charge in [-0.3, -0.25) is 23.5 Å². The average Bonchev–Trinajstić information content (AvgIpc) is 3.77. The van der Waals surface area contributed by atoms with Crippen LogP contribution in [0.1, 0.15) is 47.8 Å². The van der Waals surface area contributed by atoms with Gasteiger partial charge in [0.2, 0.25) is 5.91 Å². The van der Waals surface area contributed by atoms with Crippen molar-refractivity contribution in [1.29, 1.82) is 0 Å². The van der Waals surface area contributed by atoms with E-state index < -0.39 is 30.4 Å². The molecule has 1 aliphatic carbocycles. The molecular formula is C30H34F5N9O4. The minimum atomic E-state index is -4.89. The number of carbonyl (C=O) groups is 3. The first kappa shape index (κ1) is 35.7. The van der Waals surface area contributed by atoms with Gasteiger partial charge in [-0.1, -0.05) is 6.92 Å². The number of nitrogens with zero attached hydrogens (tertiary/aromatic N) is 5. The van der Waals surface area contributed by atoms with Crippen LogP contribution in [0.5, 0.6) is 0 Å². The molecule has 3 aromatic heterocycles. The van der Waals surface area contributed by atoms with Crippen LogP contribution < -0.4 is 21.7 Å². The van der Waals surface area contributed by atoms with Crippen LogP contribution in [-0.2, 0) is 28.7 Å². The largest absolute Gasteiger partial charge is 0.483 e. The maximum atomic E-state index is 13.7. The van der Waals surface area contributed by atoms with Crippen molar-refractivity contribution < 1.29 is 41.4 Å². The minimum Gasteiger partial charge on any atom is -0.483 e. The van der Waals surface area contributed by atoms with Crippen LogP contribution in [0.2, 0.25) is 0 Å². The van der Waals surface area contributed by atoms with Crippen molar-refractivity contribution in [3.05, 3.63) is 59.8 Å². The van der Waals surface area contributed by atoms with Crippen molar-refractivity contribution in [3.63, 3.8) is 0 Å². The number of hydrogen-bond acceptors (Lipinski definition) is 8. The van der Waals surface area contributed by atoms with Gasteiger partial charge in [-0.05, 0) is 49.4 Å². The van der Waals surface area contributed by atoms with E-state index in [-0.39, 0.29) is 60.5 Å². The lowest BCUT2D eigenvalue weighted by atomic mass is 10.0. The Morgan fingerprint density at radius 1 is 1.17 bits per heavy atom. The number of nitrogens with two attached hydrogens (primary N) is 1. The van der Waals surface area contributed by atoms with E-state index in [1.807, 2.05) is 6.92 Å². The van der Waals surface area contributed by atoms with E-state index in [9.17, 15) is 31.5 Å². The molecule has 0 saturated heterocycles. The Labute approximate surface area is 270 Å². The van der Waals surface area contributed by atoms with E-state index in [1.54, 1.807) is 18.2 Å². The highest BCUT2D eigenvalue weighted by Crippen LogP contribution is 2.37. The number of hydrogen-bond donors (Lipinski definition) is 5. The summed E-state index contributed by atoms with van der Waals surface area (Å²) in [4.78, 5) is 42.0. The van der Waals surface area contributed by atoms with Crippen LogP contribution in [0.25, 0.3) is 16.9 Å². The Kier molecular flexibility index (Phi) is 11.6. The average molecular weight is 680 g/mol. The van der Waals surface area contributed by atoms with E-state index in [1.165, 1.54) is 23.0 Å². The molecule has 1 fully saturated rings. The predicted molar refractivity (Wildman–Crippen MR) is 164 cm³/mol. The van der Waals surface area contributed by atoms with Gasteiger partial charge in [0.25, 0.3) is 18.8 Å². The number of imidazole rings is 1. The zero-order valence-electron chi connectivity index (χ0n) is 25.7. The second-order valence-electron chi connectivity index (χ2n) is 10.9. The fourth-order valence-corrected chi connectivity index (χ4v) is 5.44. The number of carboxylic acid groups (broad SMARTS) is 1. The molecule has 48 heavy (non-hydrogen) atoms. The topological polar surface area (TPSA) is 182 Å². The smallest absolute Gasteiger partial charge is 0.435 e. The van der Waals surface area contributed by atoms with Gasteiger partial charge in [0.15, 0.2) is 17.2 Å². The van der Waals surface area contributed by atoms with E-state index in [2.05, 4.69) is 31.0 Å². The summed E-state index contributed by atoms with van der Waals surface area (Å²) in [6.07, 6.45) is -0.120. The van der Waals surface area contributed by atoms with Gasteiger partial charge in [0, 0.05) is 54.9 Å². The highest BCUT2D eigenvalue weighted by Gasteiger charge is 2.38. The Bertz CT molecular complexity index is 1740. The molecule has 258 valence electrons. The van der Waals surface area contributed by atoms with Crippen LogP contribution >= 0.6 is 0 Å². The number of benzene rings is 1. The third-order valence-electron chi connectivity index (χ3n) is 7.61. The number of aromatic nitrogens is 5. The van der Waals surface area contributed by atoms with Gasteiger partial charge < -0.3 is 26.8 Å². The second kappa shape index (κ2) is 15.6. The minimum absolute atomic E-state index is 0.00688. The molecule has 2 atom stereocenters. The van der Waals surface area contributed by atoms with Crippen LogP contribution in [0.15, 0.2) is 43.0 Å². The van der Waals surface area contributed by atoms with Crippen LogP contribution in [-0.4, -0.2) is 73.1 Å². The van der Waals surface area contributed by atoms with Crippen molar-refractivity contribution in [2.45, 2.75) is 57.8 Å². The van der Waals surface area contributed by atoms with Crippen LogP contribution in [0.3, 0.4) is 0 Å². The Morgan fingerprint density at radius 3 is 2.54 bits per heavy atom. The fourth-order valence-electron chi connectivity index (χ4n) is 5.44. The standard InChI is InChI=1S/C29H32F5N9O2.CH2O2/c1-2-16-12-19(5-6-20(16)28(45)38-8-7-37-27(44)17-3-4-18(35)11-17)40-25-26-39-13-22(43(26)10-9-36-25)21-14-42(15-23(30)31)41-24(21)29(32,33)34;2-1-3/h5-6,9-10,12-14,17-18,23H,2-4,7-8,11,15,35H2,1H3,(H,36,40)(H,37,44)(H,38,45);1H,(H,2,3)/t17-,18-;/m0./s1. The van der Waals surface area contributed by atoms with E-state index >= 15 is 0 Å². The number of nitrogens with one attached hydrogen (secondary N) is 3. The van der Waals surface area contributed by atoms with Gasteiger partial charge in [-0.2, -0.15) is 18.3 Å². The first-order valence-electron chi connectivity index (χ1n) is 14.9. The summed E-state index contributed by atoms with van der Waals surface area (Å²) in [5, 5.41) is 19.0. The molecule has 0 unspecified atom stereocenters. The molecule has 2 amide bonds. The zero-order valence-corrected chi connectivity index (χ0v) is 25.7. The lowest BCUT2D eigenvalue weighted by Gasteiger charge is -2.14. The molecule has 0 radical (unpaired) electrons. The summed E-state index contributed by atoms with van der Waals surface area (Å²) < 4.78 is 68.9. The fraction of sp³-hybridized carbons (Fsp3) is 0.400. The van der Waals surface area contributed by atoms with Crippen molar-refractivity contribution >= 4 is 35.4 Å². The third kappa shape index (κ3) is 8.61. The lowest BCUT2D eigenvalue weighted by Crippen LogP contribution is -2.37. The molecule has 6 N–H and O–H groups in total. The molecule has 5 rings (SSSR count). The van der Waals surface area contributed by atoms with Crippen molar-refractivity contribution in [2.75, 3.05) is 18.4 Å². The maximum Gasteiger partial charge on any atom is 0.435 e. The number of alkyl halides is 5. The Hall–Kier alpha value is -5.13. The number of anilines is 2. The van der Waals surface area contributed by atoms with E-state index in [0.29, 0.717) is 28.8 Å². The normalized spacial score (nSPS) is 16.0. The van der Waals surface area contributed by atoms with Gasteiger partial charge in [-0.15, -0.1) is 0 Å². The van der Waals surface area contributed by atoms with Gasteiger partial charge >= 0.3 is 6.18 Å². The van der Waals surface area contributed by atoms with E-state index in [4.69, 9.17) is 15.6 Å². The number of halogens is 5. The molecule has 0 bridgehead atoms. The summed E-state index contributed by atoms with van der Waals surface area (Å²) in [5.74, 6) is -0.236. The van der Waals surface area contributed by atoms with Gasteiger partial charge in [0.1, 0.15) is 6.54 Å². The molecular weight excluding hydrogens is 645 g/mol. The number of amides is 2. The third-order valence-corrected chi connectivity index (χ3v) is 7.61. The van der Waals surface area contributed by atoms with Crippen molar-refractivity contribution in [1.82, 2.24) is 34.8 Å². The Balaban J connectivity index is 0.00000167. The second-order valence-corrected chi connectivity index (χ2v) is 10.9. The predicted octanol–water partition coefficient (Wildman–Crippen LogP) is 3.86. The number of rotatable bonds is 11. The summed E-state index contributed by atoms with van der Waals surface area (Å²) >= 11 is 0. The molecule has 18 heteroatoms. The highest BCUT2D eigenvalue weighted by molar-refractivity contribution is 5.96. The molecule has 0 aliphatic heterocycles. The van der Waals surface area contributed by atoms with Crippen molar-refractivity contribution in [2.24, 2.45) is 11.7 Å². The number of fused-ring (bicyclic) bond motifs is 1. The zero-order chi connectivity index (χ0) is 35.0. The van der Waals surface area contributed by atoms with Crippen LogP contribution in [0, 0.1) is 5.92 Å². The molecule has 13 nitrogen and oxygen atoms in total. The molecule has 3 heterocycles. The van der Waals surface area contributed by atoms with Gasteiger partial charge in [-0.25, -0.2) is 18.7 Å². The monoisotopic (exact) mass is 679 g/mol. The summed E-state index contributed by atoms with van der Waals surface area (Å²) in [7, 11) is 0. The molecule has 1 aromatic carbocycles. The molecule has 1 aliphatic rings. The quantitative estimate of drug-likeness (QED) is 0.0894.